The van der Waals surface area contributed by atoms with Crippen molar-refractivity contribution in [3.05, 3.63) is 65.2 Å². The van der Waals surface area contributed by atoms with Crippen LogP contribution >= 0.6 is 0 Å². The van der Waals surface area contributed by atoms with Crippen molar-refractivity contribution in [1.82, 2.24) is 0 Å². The zero-order valence-corrected chi connectivity index (χ0v) is 14.7. The molecule has 24 heavy (non-hydrogen) atoms. The molecule has 0 unspecified atom stereocenters. The van der Waals surface area contributed by atoms with Gasteiger partial charge in [-0.05, 0) is 31.4 Å². The van der Waals surface area contributed by atoms with Gasteiger partial charge in [0.05, 0.1) is 0 Å². The summed E-state index contributed by atoms with van der Waals surface area (Å²) >= 11 is 0. The molecule has 0 bridgehead atoms. The fourth-order valence-corrected chi connectivity index (χ4v) is 2.42. The van der Waals surface area contributed by atoms with Crippen LogP contribution in [-0.4, -0.2) is 16.2 Å². The van der Waals surface area contributed by atoms with Gasteiger partial charge in [-0.1, -0.05) is 80.6 Å². The van der Waals surface area contributed by atoms with Crippen molar-refractivity contribution in [1.29, 1.82) is 0 Å². The highest BCUT2D eigenvalue weighted by Crippen LogP contribution is 2.24. The molecule has 2 rings (SSSR count). The summed E-state index contributed by atoms with van der Waals surface area (Å²) in [5.41, 5.74) is 2.06. The van der Waals surface area contributed by atoms with Gasteiger partial charge in [-0.25, -0.2) is 4.79 Å². The Hall–Kier alpha value is -2.29. The number of carboxylic acid groups (broad SMARTS) is 1. The van der Waals surface area contributed by atoms with Gasteiger partial charge in [-0.2, -0.15) is 0 Å². The number of carbonyl (C=O) groups is 1. The van der Waals surface area contributed by atoms with Gasteiger partial charge >= 0.3 is 5.97 Å². The number of para-hydroxylation sites is 1. The molecule has 0 spiro atoms. The zero-order chi connectivity index (χ0) is 17.8. The van der Waals surface area contributed by atoms with E-state index in [4.69, 9.17) is 5.11 Å². The molecule has 0 aromatic heterocycles. The zero-order valence-electron chi connectivity index (χ0n) is 14.7. The molecule has 2 aromatic rings. The van der Waals surface area contributed by atoms with Gasteiger partial charge in [0.15, 0.2) is 0 Å². The molecule has 0 radical (unpaired) electrons. The molecule has 0 heterocycles. The molecule has 0 aliphatic rings. The predicted octanol–water partition coefficient (Wildman–Crippen LogP) is 5.60. The Bertz CT molecular complexity index is 606. The van der Waals surface area contributed by atoms with E-state index in [0.717, 1.165) is 24.8 Å². The first-order chi connectivity index (χ1) is 11.6. The molecule has 0 saturated carbocycles. The minimum Gasteiger partial charge on any atom is -0.507 e. The summed E-state index contributed by atoms with van der Waals surface area (Å²) in [5, 5.41) is 18.7. The van der Waals surface area contributed by atoms with Crippen LogP contribution in [0.1, 0.15) is 60.5 Å². The van der Waals surface area contributed by atoms with Gasteiger partial charge in [-0.3, -0.25) is 0 Å². The number of benzene rings is 2. The number of carboxylic acids is 1. The Morgan fingerprint density at radius 3 is 2.12 bits per heavy atom. The van der Waals surface area contributed by atoms with E-state index in [-0.39, 0.29) is 11.3 Å². The second-order valence-electron chi connectivity index (χ2n) is 5.94. The van der Waals surface area contributed by atoms with E-state index in [9.17, 15) is 9.90 Å². The maximum absolute atomic E-state index is 10.8. The van der Waals surface area contributed by atoms with Crippen LogP contribution in [0.2, 0.25) is 0 Å². The first-order valence-corrected chi connectivity index (χ1v) is 8.62. The lowest BCUT2D eigenvalue weighted by atomic mass is 10.0. The van der Waals surface area contributed by atoms with Crippen LogP contribution in [0.25, 0.3) is 0 Å². The maximum Gasteiger partial charge on any atom is 0.339 e. The van der Waals surface area contributed by atoms with Gasteiger partial charge < -0.3 is 10.2 Å². The minimum absolute atomic E-state index is 0.00365. The average molecular weight is 328 g/mol. The van der Waals surface area contributed by atoms with Gasteiger partial charge in [0.2, 0.25) is 0 Å². The third-order valence-corrected chi connectivity index (χ3v) is 3.84. The number of unbranched alkanes of at least 4 members (excludes halogenated alkanes) is 4. The number of rotatable bonds is 7. The van der Waals surface area contributed by atoms with Crippen LogP contribution in [0.3, 0.4) is 0 Å². The van der Waals surface area contributed by atoms with Crippen LogP contribution in [0.4, 0.5) is 0 Å². The fourth-order valence-electron chi connectivity index (χ4n) is 2.42. The molecule has 3 heteroatoms. The van der Waals surface area contributed by atoms with E-state index in [1.165, 1.54) is 30.9 Å². The summed E-state index contributed by atoms with van der Waals surface area (Å²) < 4.78 is 0. The van der Waals surface area contributed by atoms with Gasteiger partial charge in [0.25, 0.3) is 0 Å². The number of hydrogen-bond acceptors (Lipinski definition) is 2. The fraction of sp³-hybridized carbons (Fsp3) is 0.381. The molecule has 0 saturated heterocycles. The highest BCUT2D eigenvalue weighted by molar-refractivity contribution is 5.91. The quantitative estimate of drug-likeness (QED) is 0.651. The standard InChI is InChI=1S/C14H20O3.C7H8/c1-2-3-4-5-6-8-11-9-7-10-12(13(11)15)14(16)17;1-7-5-3-2-4-6-7/h7,9-10,15H,2-6,8H2,1H3,(H,16,17);2-6H,1H3. The molecule has 2 aromatic carbocycles. The van der Waals surface area contributed by atoms with Crippen molar-refractivity contribution < 1.29 is 15.0 Å². The molecule has 0 amide bonds. The predicted molar refractivity (Wildman–Crippen MR) is 98.7 cm³/mol. The monoisotopic (exact) mass is 328 g/mol. The number of aromatic hydroxyl groups is 1. The summed E-state index contributed by atoms with van der Waals surface area (Å²) in [6.45, 7) is 4.25. The van der Waals surface area contributed by atoms with Crippen LogP contribution in [0.15, 0.2) is 48.5 Å². The first kappa shape index (κ1) is 19.8. The van der Waals surface area contributed by atoms with Gasteiger partial charge in [0.1, 0.15) is 11.3 Å². The molecule has 3 nitrogen and oxygen atoms in total. The SMILES string of the molecule is CCCCCCCc1cccc(C(=O)O)c1O.Cc1ccccc1. The third kappa shape index (κ3) is 7.32. The van der Waals surface area contributed by atoms with E-state index in [1.807, 2.05) is 18.2 Å². The Morgan fingerprint density at radius 1 is 0.917 bits per heavy atom. The highest BCUT2D eigenvalue weighted by Gasteiger charge is 2.12. The first-order valence-electron chi connectivity index (χ1n) is 8.62. The van der Waals surface area contributed by atoms with Crippen molar-refractivity contribution in [2.45, 2.75) is 52.4 Å². The number of aryl methyl sites for hydroxylation is 2. The van der Waals surface area contributed by atoms with E-state index in [1.54, 1.807) is 12.1 Å². The summed E-state index contributed by atoms with van der Waals surface area (Å²) in [6, 6.07) is 15.2. The molecular formula is C21H28O3. The summed E-state index contributed by atoms with van der Waals surface area (Å²) in [6.07, 6.45) is 6.52. The highest BCUT2D eigenvalue weighted by atomic mass is 16.4. The molecule has 130 valence electrons. The molecule has 0 atom stereocenters. The van der Waals surface area contributed by atoms with Crippen LogP contribution in [0, 0.1) is 6.92 Å². The van der Waals surface area contributed by atoms with Crippen molar-refractivity contribution >= 4 is 5.97 Å². The molecule has 2 N–H and O–H groups in total. The van der Waals surface area contributed by atoms with Crippen molar-refractivity contribution in [3.8, 4) is 5.75 Å². The van der Waals surface area contributed by atoms with Crippen LogP contribution in [-0.2, 0) is 6.42 Å². The number of phenols is 1. The van der Waals surface area contributed by atoms with Crippen LogP contribution < -0.4 is 0 Å². The summed E-state index contributed by atoms with van der Waals surface area (Å²) in [5.74, 6) is -1.15. The van der Waals surface area contributed by atoms with Crippen molar-refractivity contribution in [3.63, 3.8) is 0 Å². The Balaban J connectivity index is 0.000000341. The third-order valence-electron chi connectivity index (χ3n) is 3.84. The second kappa shape index (κ2) is 11.3. The summed E-state index contributed by atoms with van der Waals surface area (Å²) in [4.78, 5) is 10.8. The molecule has 0 fully saturated rings. The largest absolute Gasteiger partial charge is 0.507 e. The lowest BCUT2D eigenvalue weighted by Crippen LogP contribution is -1.99. The molecular weight excluding hydrogens is 300 g/mol. The smallest absolute Gasteiger partial charge is 0.339 e. The maximum atomic E-state index is 10.8. The normalized spacial score (nSPS) is 9.92. The van der Waals surface area contributed by atoms with E-state index < -0.39 is 5.97 Å². The Kier molecular flexibility index (Phi) is 9.28. The molecule has 0 aliphatic heterocycles. The number of aromatic carboxylic acids is 1. The summed E-state index contributed by atoms with van der Waals surface area (Å²) in [7, 11) is 0. The second-order valence-corrected chi connectivity index (χ2v) is 5.94. The topological polar surface area (TPSA) is 57.5 Å². The number of hydrogen-bond donors (Lipinski definition) is 2. The average Bonchev–Trinajstić information content (AvgIpc) is 2.57. The van der Waals surface area contributed by atoms with E-state index in [0.29, 0.717) is 0 Å². The lowest BCUT2D eigenvalue weighted by Gasteiger charge is -2.06. The Morgan fingerprint density at radius 2 is 1.58 bits per heavy atom. The minimum atomic E-state index is -1.07. The Labute approximate surface area is 145 Å². The van der Waals surface area contributed by atoms with Crippen LogP contribution in [0.5, 0.6) is 5.75 Å². The molecule has 0 aliphatic carbocycles. The lowest BCUT2D eigenvalue weighted by molar-refractivity contribution is 0.0693. The van der Waals surface area contributed by atoms with Crippen molar-refractivity contribution in [2.75, 3.05) is 0 Å². The van der Waals surface area contributed by atoms with Gasteiger partial charge in [-0.15, -0.1) is 0 Å². The van der Waals surface area contributed by atoms with E-state index >= 15 is 0 Å². The van der Waals surface area contributed by atoms with E-state index in [2.05, 4.69) is 26.0 Å². The van der Waals surface area contributed by atoms with Crippen molar-refractivity contribution in [2.24, 2.45) is 0 Å². The van der Waals surface area contributed by atoms with Gasteiger partial charge in [0, 0.05) is 0 Å².